The number of benzene rings is 1. The first-order valence-electron chi connectivity index (χ1n) is 8.25. The third kappa shape index (κ3) is 4.81. The summed E-state index contributed by atoms with van der Waals surface area (Å²) in [5.41, 5.74) is 0.331. The number of carbonyl (C=O) groups is 2. The number of hydrogen-bond donors (Lipinski definition) is 4. The molecular weight excluding hydrogens is 325 g/mol. The van der Waals surface area contributed by atoms with Crippen LogP contribution in [0.2, 0.25) is 0 Å². The molecule has 0 unspecified atom stereocenters. The van der Waals surface area contributed by atoms with Crippen LogP contribution in [0.25, 0.3) is 0 Å². The van der Waals surface area contributed by atoms with Gasteiger partial charge in [0, 0.05) is 23.8 Å². The van der Waals surface area contributed by atoms with Crippen molar-refractivity contribution in [2.45, 2.75) is 52.3 Å². The van der Waals surface area contributed by atoms with Crippen LogP contribution in [0.5, 0.6) is 5.75 Å². The zero-order chi connectivity index (χ0) is 18.8. The van der Waals surface area contributed by atoms with Crippen molar-refractivity contribution in [2.75, 3.05) is 0 Å². The molecule has 0 fully saturated rings. The van der Waals surface area contributed by atoms with E-state index in [4.69, 9.17) is 4.65 Å². The topological polar surface area (TPSA) is 116 Å². The fraction of sp³-hybridized carbons (Fsp3) is 0.529. The van der Waals surface area contributed by atoms with Gasteiger partial charge in [-0.05, 0) is 12.0 Å². The Bertz CT molecular complexity index is 655. The van der Waals surface area contributed by atoms with Gasteiger partial charge < -0.3 is 25.2 Å². The van der Waals surface area contributed by atoms with Gasteiger partial charge in [0.1, 0.15) is 11.5 Å². The first kappa shape index (κ1) is 19.4. The van der Waals surface area contributed by atoms with Gasteiger partial charge in [0.15, 0.2) is 6.29 Å². The van der Waals surface area contributed by atoms with E-state index in [0.717, 1.165) is 0 Å². The molecule has 4 N–H and O–H groups in total. The molecule has 8 heteroatoms. The highest BCUT2D eigenvalue weighted by Gasteiger charge is 2.37. The lowest BCUT2D eigenvalue weighted by Gasteiger charge is -2.29. The fourth-order valence-corrected chi connectivity index (χ4v) is 2.66. The Kier molecular flexibility index (Phi) is 5.87. The number of ketones is 1. The van der Waals surface area contributed by atoms with Gasteiger partial charge in [-0.1, -0.05) is 39.0 Å². The smallest absolute Gasteiger partial charge is 0.534 e. The maximum atomic E-state index is 12.1. The molecule has 0 bridgehead atoms. The van der Waals surface area contributed by atoms with Crippen molar-refractivity contribution in [3.05, 3.63) is 29.3 Å². The molecule has 0 radical (unpaired) electrons. The van der Waals surface area contributed by atoms with Gasteiger partial charge in [-0.3, -0.25) is 9.59 Å². The number of carbonyl (C=O) groups excluding carboxylic acids is 2. The molecule has 0 spiro atoms. The predicted molar refractivity (Wildman–Crippen MR) is 91.6 cm³/mol. The van der Waals surface area contributed by atoms with Crippen molar-refractivity contribution in [3.63, 3.8) is 0 Å². The van der Waals surface area contributed by atoms with Gasteiger partial charge in [0.2, 0.25) is 5.91 Å². The normalized spacial score (nSPS) is 17.1. The molecule has 0 aliphatic carbocycles. The summed E-state index contributed by atoms with van der Waals surface area (Å²) in [6, 6.07) is 4.87. The Labute approximate surface area is 147 Å². The van der Waals surface area contributed by atoms with Crippen molar-refractivity contribution in [1.82, 2.24) is 5.32 Å². The SMILES string of the molecule is CC(C)(C)C(=O)CCC(=O)N[C@H]1Cc2cccc(C(O)O)c2OB1O. The Morgan fingerprint density at radius 3 is 2.60 bits per heavy atom. The molecule has 136 valence electrons. The summed E-state index contributed by atoms with van der Waals surface area (Å²) in [5, 5.41) is 31.5. The molecule has 0 aromatic heterocycles. The molecule has 7 nitrogen and oxygen atoms in total. The molecule has 1 aliphatic heterocycles. The van der Waals surface area contributed by atoms with Gasteiger partial charge in [0.05, 0.1) is 5.94 Å². The van der Waals surface area contributed by atoms with Crippen LogP contribution >= 0.6 is 0 Å². The number of fused-ring (bicyclic) bond motifs is 1. The third-order valence-corrected chi connectivity index (χ3v) is 4.19. The van der Waals surface area contributed by atoms with E-state index in [0.29, 0.717) is 5.56 Å². The van der Waals surface area contributed by atoms with Gasteiger partial charge >= 0.3 is 7.12 Å². The standard InChI is InChI=1S/C17H24BNO6/c1-17(2,3)12(20)7-8-14(21)19-13-9-10-5-4-6-11(16(22)23)15(10)25-18(13)24/h4-6,13,16,22-24H,7-9H2,1-3H3,(H,19,21)/t13-/m0/s1. The lowest BCUT2D eigenvalue weighted by atomic mass is 9.72. The van der Waals surface area contributed by atoms with Crippen LogP contribution in [0.1, 0.15) is 51.0 Å². The number of amides is 1. The number of hydrogen-bond acceptors (Lipinski definition) is 6. The van der Waals surface area contributed by atoms with Crippen LogP contribution in [-0.2, 0) is 16.0 Å². The predicted octanol–water partition coefficient (Wildman–Crippen LogP) is 0.505. The largest absolute Gasteiger partial charge is 0.547 e. The molecule has 1 heterocycles. The Morgan fingerprint density at radius 1 is 1.32 bits per heavy atom. The zero-order valence-electron chi connectivity index (χ0n) is 14.7. The fourth-order valence-electron chi connectivity index (χ4n) is 2.66. The van der Waals surface area contributed by atoms with Crippen LogP contribution < -0.4 is 9.97 Å². The lowest BCUT2D eigenvalue weighted by molar-refractivity contribution is -0.129. The molecule has 2 rings (SSSR count). The summed E-state index contributed by atoms with van der Waals surface area (Å²) in [5.74, 6) is -0.795. The first-order chi connectivity index (χ1) is 11.6. The molecule has 0 saturated heterocycles. The van der Waals surface area contributed by atoms with Gasteiger partial charge in [0.25, 0.3) is 0 Å². The monoisotopic (exact) mass is 349 g/mol. The summed E-state index contributed by atoms with van der Waals surface area (Å²) < 4.78 is 5.37. The first-order valence-corrected chi connectivity index (χ1v) is 8.25. The summed E-state index contributed by atoms with van der Waals surface area (Å²) >= 11 is 0. The number of para-hydroxylation sites is 1. The van der Waals surface area contributed by atoms with E-state index in [-0.39, 0.29) is 42.3 Å². The van der Waals surface area contributed by atoms with Crippen LogP contribution in [0.3, 0.4) is 0 Å². The maximum Gasteiger partial charge on any atom is 0.547 e. The van der Waals surface area contributed by atoms with Crippen molar-refractivity contribution in [3.8, 4) is 5.75 Å². The van der Waals surface area contributed by atoms with E-state index < -0.39 is 24.8 Å². The molecule has 1 atom stereocenters. The highest BCUT2D eigenvalue weighted by molar-refractivity contribution is 6.46. The van der Waals surface area contributed by atoms with Crippen LogP contribution in [0, 0.1) is 5.41 Å². The molecule has 1 aromatic carbocycles. The second-order valence-corrected chi connectivity index (χ2v) is 7.27. The summed E-state index contributed by atoms with van der Waals surface area (Å²) in [4.78, 5) is 24.0. The highest BCUT2D eigenvalue weighted by Crippen LogP contribution is 2.33. The summed E-state index contributed by atoms with van der Waals surface area (Å²) in [6.45, 7) is 5.40. The van der Waals surface area contributed by atoms with Crippen molar-refractivity contribution in [2.24, 2.45) is 5.41 Å². The van der Waals surface area contributed by atoms with Gasteiger partial charge in [-0.2, -0.15) is 0 Å². The van der Waals surface area contributed by atoms with E-state index in [1.807, 2.05) is 0 Å². The van der Waals surface area contributed by atoms with Crippen LogP contribution in [-0.4, -0.2) is 40.0 Å². The minimum Gasteiger partial charge on any atom is -0.534 e. The third-order valence-electron chi connectivity index (χ3n) is 4.19. The van der Waals surface area contributed by atoms with E-state index in [1.165, 1.54) is 6.07 Å². The van der Waals surface area contributed by atoms with Crippen molar-refractivity contribution < 1.29 is 29.5 Å². The number of aliphatic hydroxyl groups is 2. The lowest BCUT2D eigenvalue weighted by Crippen LogP contribution is -2.53. The Hall–Kier alpha value is -1.90. The second-order valence-electron chi connectivity index (χ2n) is 7.27. The minimum atomic E-state index is -1.71. The number of rotatable bonds is 5. The molecule has 1 amide bonds. The molecular formula is C17H24BNO6. The Balaban J connectivity index is 1.99. The average molecular weight is 349 g/mol. The molecule has 1 aliphatic rings. The summed E-state index contributed by atoms with van der Waals surface area (Å²) in [6.07, 6.45) is -1.25. The van der Waals surface area contributed by atoms with E-state index in [1.54, 1.807) is 32.9 Å². The summed E-state index contributed by atoms with van der Waals surface area (Å²) in [7, 11) is -1.31. The van der Waals surface area contributed by atoms with Crippen LogP contribution in [0.4, 0.5) is 0 Å². The van der Waals surface area contributed by atoms with Crippen molar-refractivity contribution in [1.29, 1.82) is 0 Å². The molecule has 0 saturated carbocycles. The minimum absolute atomic E-state index is 0.00462. The Morgan fingerprint density at radius 2 is 2.00 bits per heavy atom. The average Bonchev–Trinajstić information content (AvgIpc) is 2.51. The van der Waals surface area contributed by atoms with Gasteiger partial charge in [-0.25, -0.2) is 0 Å². The molecule has 25 heavy (non-hydrogen) atoms. The maximum absolute atomic E-state index is 12.1. The van der Waals surface area contributed by atoms with E-state index in [2.05, 4.69) is 5.32 Å². The molecule has 1 aromatic rings. The van der Waals surface area contributed by atoms with E-state index >= 15 is 0 Å². The van der Waals surface area contributed by atoms with Crippen LogP contribution in [0.15, 0.2) is 18.2 Å². The highest BCUT2D eigenvalue weighted by atomic mass is 16.5. The zero-order valence-corrected chi connectivity index (χ0v) is 14.7. The van der Waals surface area contributed by atoms with Crippen molar-refractivity contribution >= 4 is 18.8 Å². The number of aliphatic hydroxyl groups excluding tert-OH is 1. The van der Waals surface area contributed by atoms with E-state index in [9.17, 15) is 24.8 Å². The second kappa shape index (κ2) is 7.55. The quantitative estimate of drug-likeness (QED) is 0.455. The number of Topliss-reactive ketones (excluding diaryl/α,β-unsaturated/α-hetero) is 1. The number of nitrogens with one attached hydrogen (secondary N) is 1. The van der Waals surface area contributed by atoms with Gasteiger partial charge in [-0.15, -0.1) is 0 Å².